The topological polar surface area (TPSA) is 9.23 Å². The molecule has 0 bridgehead atoms. The standard InChI is InChI=1S/C7HF6O/c8-2-1-3(9)5(11)6(4(2)10)14-7(12)13/h7H. The van der Waals surface area contributed by atoms with Gasteiger partial charge in [-0.15, -0.1) is 0 Å². The summed E-state index contributed by atoms with van der Waals surface area (Å²) < 4.78 is 76.0. The minimum Gasteiger partial charge on any atom is -0.428 e. The van der Waals surface area contributed by atoms with E-state index < -0.39 is 35.6 Å². The molecular formula is C7HF6O. The number of benzene rings is 1. The van der Waals surface area contributed by atoms with E-state index in [1.165, 1.54) is 0 Å². The van der Waals surface area contributed by atoms with Crippen molar-refractivity contribution in [3.05, 3.63) is 29.3 Å². The van der Waals surface area contributed by atoms with Gasteiger partial charge in [-0.1, -0.05) is 0 Å². The van der Waals surface area contributed by atoms with Gasteiger partial charge < -0.3 is 4.74 Å². The van der Waals surface area contributed by atoms with Crippen molar-refractivity contribution in [2.75, 3.05) is 0 Å². The quantitative estimate of drug-likeness (QED) is 0.544. The zero-order valence-electron chi connectivity index (χ0n) is 6.25. The number of ether oxygens (including phenoxy) is 1. The largest absolute Gasteiger partial charge is 0.428 e. The van der Waals surface area contributed by atoms with Gasteiger partial charge in [-0.3, -0.25) is 0 Å². The molecule has 0 atom stereocenters. The maximum absolute atomic E-state index is 12.5. The first-order chi connectivity index (χ1) is 6.43. The van der Waals surface area contributed by atoms with Crippen molar-refractivity contribution in [3.8, 4) is 5.75 Å². The molecule has 0 saturated carbocycles. The van der Waals surface area contributed by atoms with Gasteiger partial charge in [0.1, 0.15) is 0 Å². The first kappa shape index (κ1) is 10.7. The number of rotatable bonds is 2. The summed E-state index contributed by atoms with van der Waals surface area (Å²) >= 11 is 0. The summed E-state index contributed by atoms with van der Waals surface area (Å²) in [7, 11) is 0. The van der Waals surface area contributed by atoms with E-state index >= 15 is 0 Å². The van der Waals surface area contributed by atoms with Crippen molar-refractivity contribution in [2.45, 2.75) is 6.61 Å². The first-order valence-electron chi connectivity index (χ1n) is 3.13. The second-order valence-corrected chi connectivity index (χ2v) is 2.09. The maximum atomic E-state index is 12.5. The molecule has 1 rings (SSSR count). The maximum Gasteiger partial charge on any atom is 0.387 e. The van der Waals surface area contributed by atoms with Crippen molar-refractivity contribution in [3.63, 3.8) is 0 Å². The number of hydrogen-bond acceptors (Lipinski definition) is 1. The summed E-state index contributed by atoms with van der Waals surface area (Å²) in [5.41, 5.74) is 0. The Morgan fingerprint density at radius 1 is 0.929 bits per heavy atom. The molecule has 0 heterocycles. The van der Waals surface area contributed by atoms with E-state index in [1.54, 1.807) is 0 Å². The van der Waals surface area contributed by atoms with E-state index in [9.17, 15) is 26.3 Å². The molecule has 0 aliphatic rings. The number of hydrogen-bond donors (Lipinski definition) is 0. The Kier molecular flexibility index (Phi) is 2.87. The van der Waals surface area contributed by atoms with Gasteiger partial charge in [0.05, 0.1) is 6.07 Å². The van der Waals surface area contributed by atoms with E-state index in [0.717, 1.165) is 6.07 Å². The Bertz CT molecular complexity index is 324. The van der Waals surface area contributed by atoms with Gasteiger partial charge in [0, 0.05) is 0 Å². The lowest BCUT2D eigenvalue weighted by Crippen LogP contribution is -2.08. The van der Waals surface area contributed by atoms with Crippen molar-refractivity contribution in [2.24, 2.45) is 0 Å². The molecule has 0 aliphatic heterocycles. The summed E-state index contributed by atoms with van der Waals surface area (Å²) in [4.78, 5) is 0. The second kappa shape index (κ2) is 3.77. The van der Waals surface area contributed by atoms with Crippen LogP contribution in [0, 0.1) is 29.3 Å². The zero-order chi connectivity index (χ0) is 10.9. The second-order valence-electron chi connectivity index (χ2n) is 2.09. The molecule has 1 radical (unpaired) electrons. The summed E-state index contributed by atoms with van der Waals surface area (Å²) in [5, 5.41) is 0. The van der Waals surface area contributed by atoms with Crippen LogP contribution in [0.2, 0.25) is 0 Å². The van der Waals surface area contributed by atoms with Crippen LogP contribution in [-0.2, 0) is 0 Å². The first-order valence-corrected chi connectivity index (χ1v) is 3.13. The number of halogens is 6. The smallest absolute Gasteiger partial charge is 0.387 e. The number of alkyl halides is 2. The zero-order valence-corrected chi connectivity index (χ0v) is 6.25. The molecule has 0 spiro atoms. The Labute approximate surface area is 73.9 Å². The lowest BCUT2D eigenvalue weighted by atomic mass is 10.3. The predicted molar refractivity (Wildman–Crippen MR) is 31.7 cm³/mol. The van der Waals surface area contributed by atoms with Crippen LogP contribution in [0.25, 0.3) is 0 Å². The third kappa shape index (κ3) is 1.91. The van der Waals surface area contributed by atoms with Gasteiger partial charge in [-0.2, -0.15) is 17.6 Å². The van der Waals surface area contributed by atoms with Gasteiger partial charge in [0.15, 0.2) is 11.6 Å². The molecule has 0 aliphatic carbocycles. The van der Waals surface area contributed by atoms with Gasteiger partial charge >= 0.3 is 6.61 Å². The van der Waals surface area contributed by atoms with Crippen molar-refractivity contribution >= 4 is 0 Å². The summed E-state index contributed by atoms with van der Waals surface area (Å²) in [6.07, 6.45) is 0. The van der Waals surface area contributed by atoms with Gasteiger partial charge in [-0.25, -0.2) is 8.78 Å². The third-order valence-electron chi connectivity index (χ3n) is 1.21. The van der Waals surface area contributed by atoms with Crippen LogP contribution >= 0.6 is 0 Å². The van der Waals surface area contributed by atoms with Crippen LogP contribution in [0.3, 0.4) is 0 Å². The molecule has 0 N–H and O–H groups in total. The molecule has 14 heavy (non-hydrogen) atoms. The SMILES string of the molecule is Fc1[c]c(F)c(F)c(OC(F)F)c1F. The van der Waals surface area contributed by atoms with E-state index in [1.807, 2.05) is 0 Å². The lowest BCUT2D eigenvalue weighted by molar-refractivity contribution is -0.0554. The fraction of sp³-hybridized carbons (Fsp3) is 0.143. The summed E-state index contributed by atoms with van der Waals surface area (Å²) in [5.74, 6) is -9.76. The predicted octanol–water partition coefficient (Wildman–Crippen LogP) is 2.64. The third-order valence-corrected chi connectivity index (χ3v) is 1.21. The van der Waals surface area contributed by atoms with Gasteiger partial charge in [0.25, 0.3) is 0 Å². The highest BCUT2D eigenvalue weighted by molar-refractivity contribution is 5.27. The monoisotopic (exact) mass is 215 g/mol. The molecule has 1 aromatic rings. The van der Waals surface area contributed by atoms with E-state index in [0.29, 0.717) is 0 Å². The fourth-order valence-corrected chi connectivity index (χ4v) is 0.694. The molecule has 7 heteroatoms. The average Bonchev–Trinajstić information content (AvgIpc) is 2.09. The van der Waals surface area contributed by atoms with Crippen LogP contribution in [0.15, 0.2) is 0 Å². The Balaban J connectivity index is 3.25. The Morgan fingerprint density at radius 2 is 1.36 bits per heavy atom. The van der Waals surface area contributed by atoms with Crippen molar-refractivity contribution < 1.29 is 31.1 Å². The molecule has 0 saturated heterocycles. The van der Waals surface area contributed by atoms with Crippen LogP contribution in [0.1, 0.15) is 0 Å². The lowest BCUT2D eigenvalue weighted by Gasteiger charge is -2.07. The van der Waals surface area contributed by atoms with Crippen LogP contribution in [0.4, 0.5) is 26.3 Å². The molecular weight excluding hydrogens is 214 g/mol. The van der Waals surface area contributed by atoms with E-state index in [-0.39, 0.29) is 0 Å². The molecule has 0 aromatic heterocycles. The van der Waals surface area contributed by atoms with Crippen molar-refractivity contribution in [1.29, 1.82) is 0 Å². The molecule has 0 unspecified atom stereocenters. The van der Waals surface area contributed by atoms with Gasteiger partial charge in [0.2, 0.25) is 17.4 Å². The molecule has 0 amide bonds. The molecule has 1 aromatic carbocycles. The highest BCUT2D eigenvalue weighted by atomic mass is 19.3. The van der Waals surface area contributed by atoms with Crippen LogP contribution in [0.5, 0.6) is 5.75 Å². The van der Waals surface area contributed by atoms with Crippen molar-refractivity contribution in [1.82, 2.24) is 0 Å². The van der Waals surface area contributed by atoms with Gasteiger partial charge in [-0.05, 0) is 0 Å². The summed E-state index contributed by atoms with van der Waals surface area (Å²) in [6, 6.07) is 1.01. The van der Waals surface area contributed by atoms with E-state index in [4.69, 9.17) is 0 Å². The van der Waals surface area contributed by atoms with Crippen LogP contribution < -0.4 is 4.74 Å². The Morgan fingerprint density at radius 3 is 1.71 bits per heavy atom. The Hall–Kier alpha value is -1.40. The average molecular weight is 215 g/mol. The molecule has 77 valence electrons. The molecule has 0 fully saturated rings. The minimum absolute atomic E-state index is 1.01. The molecule has 1 nitrogen and oxygen atoms in total. The fourth-order valence-electron chi connectivity index (χ4n) is 0.694. The normalized spacial score (nSPS) is 10.8. The minimum atomic E-state index is -3.58. The van der Waals surface area contributed by atoms with E-state index in [2.05, 4.69) is 4.74 Å². The highest BCUT2D eigenvalue weighted by Crippen LogP contribution is 2.27. The van der Waals surface area contributed by atoms with Crippen LogP contribution in [-0.4, -0.2) is 6.61 Å². The highest BCUT2D eigenvalue weighted by Gasteiger charge is 2.23. The summed E-state index contributed by atoms with van der Waals surface area (Å²) in [6.45, 7) is -3.58.